The first-order valence-electron chi connectivity index (χ1n) is 8.48. The zero-order chi connectivity index (χ0) is 20.8. The lowest BCUT2D eigenvalue weighted by molar-refractivity contribution is 0.355. The van der Waals surface area contributed by atoms with Gasteiger partial charge in [-0.15, -0.1) is 11.3 Å². The van der Waals surface area contributed by atoms with E-state index in [1.165, 1.54) is 18.4 Å². The van der Waals surface area contributed by atoms with Crippen LogP contribution in [0.2, 0.25) is 5.02 Å². The predicted molar refractivity (Wildman–Crippen MR) is 116 cm³/mol. The molecule has 0 bridgehead atoms. The van der Waals surface area contributed by atoms with E-state index in [4.69, 9.17) is 30.5 Å². The molecule has 2 aromatic carbocycles. The number of hydrogen-bond donors (Lipinski definition) is 1. The molecular formula is C20H20ClN3O4S. The Morgan fingerprint density at radius 1 is 1.00 bits per heavy atom. The summed E-state index contributed by atoms with van der Waals surface area (Å²) >= 11 is 7.78. The number of benzene rings is 2. The highest BCUT2D eigenvalue weighted by atomic mass is 35.5. The molecule has 29 heavy (non-hydrogen) atoms. The van der Waals surface area contributed by atoms with Crippen molar-refractivity contribution in [2.24, 2.45) is 5.10 Å². The van der Waals surface area contributed by atoms with Crippen LogP contribution >= 0.6 is 22.9 Å². The third-order valence-corrected chi connectivity index (χ3v) is 5.20. The molecule has 0 aliphatic rings. The molecule has 152 valence electrons. The quantitative estimate of drug-likeness (QED) is 0.400. The summed E-state index contributed by atoms with van der Waals surface area (Å²) in [7, 11) is 6.32. The first-order chi connectivity index (χ1) is 14.1. The number of methoxy groups -OCH3 is 4. The van der Waals surface area contributed by atoms with E-state index in [0.717, 1.165) is 17.0 Å². The molecule has 1 heterocycles. The average Bonchev–Trinajstić information content (AvgIpc) is 3.22. The molecule has 0 atom stereocenters. The van der Waals surface area contributed by atoms with Gasteiger partial charge in [-0.25, -0.2) is 4.98 Å². The number of hydrazone groups is 1. The minimum atomic E-state index is 0.417. The lowest BCUT2D eigenvalue weighted by Gasteiger charge is -2.10. The van der Waals surface area contributed by atoms with Crippen molar-refractivity contribution < 1.29 is 18.9 Å². The van der Waals surface area contributed by atoms with Gasteiger partial charge in [0.1, 0.15) is 11.5 Å². The SMILES string of the molecule is COc1ccc(-c2csc(N/N=C\c3ccc(OC)c(OC)c3Cl)n2)c(OC)c1. The van der Waals surface area contributed by atoms with Crippen LogP contribution < -0.4 is 24.4 Å². The Morgan fingerprint density at radius 2 is 1.79 bits per heavy atom. The molecule has 1 aromatic heterocycles. The fourth-order valence-corrected chi connectivity index (χ4v) is 3.56. The van der Waals surface area contributed by atoms with Gasteiger partial charge in [0, 0.05) is 22.6 Å². The number of aromatic nitrogens is 1. The van der Waals surface area contributed by atoms with E-state index in [1.54, 1.807) is 39.7 Å². The average molecular weight is 434 g/mol. The van der Waals surface area contributed by atoms with Gasteiger partial charge in [-0.05, 0) is 24.3 Å². The van der Waals surface area contributed by atoms with Gasteiger partial charge in [0.25, 0.3) is 0 Å². The molecule has 0 aliphatic carbocycles. The second-order valence-corrected chi connectivity index (χ2v) is 6.91. The van der Waals surface area contributed by atoms with Gasteiger partial charge in [0.05, 0.1) is 45.4 Å². The minimum absolute atomic E-state index is 0.417. The Balaban J connectivity index is 1.76. The van der Waals surface area contributed by atoms with Crippen LogP contribution in [-0.2, 0) is 0 Å². The molecule has 0 unspecified atom stereocenters. The van der Waals surface area contributed by atoms with E-state index in [0.29, 0.717) is 33.0 Å². The topological polar surface area (TPSA) is 74.2 Å². The third kappa shape index (κ3) is 4.55. The van der Waals surface area contributed by atoms with Crippen LogP contribution in [0.25, 0.3) is 11.3 Å². The summed E-state index contributed by atoms with van der Waals surface area (Å²) in [4.78, 5) is 4.55. The van der Waals surface area contributed by atoms with Crippen molar-refractivity contribution in [1.29, 1.82) is 0 Å². The van der Waals surface area contributed by atoms with Crippen molar-refractivity contribution in [2.75, 3.05) is 33.9 Å². The van der Waals surface area contributed by atoms with E-state index in [-0.39, 0.29) is 0 Å². The number of thiazole rings is 1. The monoisotopic (exact) mass is 433 g/mol. The largest absolute Gasteiger partial charge is 0.497 e. The van der Waals surface area contributed by atoms with Crippen LogP contribution in [-0.4, -0.2) is 39.6 Å². The minimum Gasteiger partial charge on any atom is -0.497 e. The number of hydrogen-bond acceptors (Lipinski definition) is 8. The normalized spacial score (nSPS) is 10.8. The molecule has 3 aromatic rings. The maximum absolute atomic E-state index is 6.36. The van der Waals surface area contributed by atoms with Gasteiger partial charge in [0.15, 0.2) is 11.5 Å². The van der Waals surface area contributed by atoms with Crippen molar-refractivity contribution in [3.05, 3.63) is 46.3 Å². The van der Waals surface area contributed by atoms with Crippen molar-refractivity contribution in [1.82, 2.24) is 4.98 Å². The zero-order valence-corrected chi connectivity index (χ0v) is 17.9. The first kappa shape index (κ1) is 20.8. The molecular weight excluding hydrogens is 414 g/mol. The van der Waals surface area contributed by atoms with Crippen LogP contribution in [0, 0.1) is 0 Å². The Labute approximate surface area is 177 Å². The van der Waals surface area contributed by atoms with Crippen LogP contribution in [0.5, 0.6) is 23.0 Å². The van der Waals surface area contributed by atoms with Gasteiger partial charge >= 0.3 is 0 Å². The second-order valence-electron chi connectivity index (χ2n) is 5.68. The Hall–Kier alpha value is -2.97. The molecule has 0 saturated carbocycles. The fraction of sp³-hybridized carbons (Fsp3) is 0.200. The van der Waals surface area contributed by atoms with Crippen LogP contribution in [0.15, 0.2) is 40.8 Å². The molecule has 0 spiro atoms. The van der Waals surface area contributed by atoms with Crippen LogP contribution in [0.3, 0.4) is 0 Å². The summed E-state index contributed by atoms with van der Waals surface area (Å²) in [6, 6.07) is 9.15. The maximum atomic E-state index is 6.36. The van der Waals surface area contributed by atoms with Crippen molar-refractivity contribution in [3.8, 4) is 34.3 Å². The van der Waals surface area contributed by atoms with Gasteiger partial charge in [-0.1, -0.05) is 11.6 Å². The summed E-state index contributed by atoms with van der Waals surface area (Å²) in [6.07, 6.45) is 1.60. The fourth-order valence-electron chi connectivity index (χ4n) is 2.62. The van der Waals surface area contributed by atoms with Gasteiger partial charge in [-0.2, -0.15) is 5.10 Å². The number of anilines is 1. The van der Waals surface area contributed by atoms with Gasteiger partial charge < -0.3 is 18.9 Å². The lowest BCUT2D eigenvalue weighted by atomic mass is 10.1. The molecule has 0 fully saturated rings. The molecule has 0 saturated heterocycles. The summed E-state index contributed by atoms with van der Waals surface area (Å²) < 4.78 is 21.2. The van der Waals surface area contributed by atoms with E-state index in [2.05, 4.69) is 15.5 Å². The summed E-state index contributed by atoms with van der Waals surface area (Å²) in [5.41, 5.74) is 5.24. The highest BCUT2D eigenvalue weighted by Gasteiger charge is 2.13. The van der Waals surface area contributed by atoms with E-state index in [1.807, 2.05) is 23.6 Å². The van der Waals surface area contributed by atoms with Crippen LogP contribution in [0.4, 0.5) is 5.13 Å². The Kier molecular flexibility index (Phi) is 6.79. The van der Waals surface area contributed by atoms with E-state index < -0.39 is 0 Å². The molecule has 0 radical (unpaired) electrons. The third-order valence-electron chi connectivity index (χ3n) is 4.07. The Bertz CT molecular complexity index is 1020. The molecule has 7 nitrogen and oxygen atoms in total. The highest BCUT2D eigenvalue weighted by Crippen LogP contribution is 2.37. The van der Waals surface area contributed by atoms with E-state index in [9.17, 15) is 0 Å². The summed E-state index contributed by atoms with van der Waals surface area (Å²) in [6.45, 7) is 0. The maximum Gasteiger partial charge on any atom is 0.203 e. The number of nitrogens with zero attached hydrogens (tertiary/aromatic N) is 2. The molecule has 0 amide bonds. The summed E-state index contributed by atoms with van der Waals surface area (Å²) in [5, 5.41) is 7.19. The van der Waals surface area contributed by atoms with Crippen LogP contribution in [0.1, 0.15) is 5.56 Å². The highest BCUT2D eigenvalue weighted by molar-refractivity contribution is 7.14. The number of rotatable bonds is 8. The summed E-state index contributed by atoms with van der Waals surface area (Å²) in [5.74, 6) is 2.42. The lowest BCUT2D eigenvalue weighted by Crippen LogP contribution is -1.96. The predicted octanol–water partition coefficient (Wildman–Crippen LogP) is 4.94. The van der Waals surface area contributed by atoms with Crippen molar-refractivity contribution >= 4 is 34.3 Å². The molecule has 3 rings (SSSR count). The standard InChI is InChI=1S/C20H20ClN3O4S/c1-25-13-6-7-14(17(9-13)27-3)15-11-29-20(23-15)24-22-10-12-5-8-16(26-2)19(28-4)18(12)21/h5-11H,1-4H3,(H,23,24)/b22-10-. The van der Waals surface area contributed by atoms with Gasteiger partial charge in [0.2, 0.25) is 5.13 Å². The first-order valence-corrected chi connectivity index (χ1v) is 9.74. The zero-order valence-electron chi connectivity index (χ0n) is 16.4. The molecule has 0 aliphatic heterocycles. The van der Waals surface area contributed by atoms with Gasteiger partial charge in [-0.3, -0.25) is 5.43 Å². The van der Waals surface area contributed by atoms with Crippen molar-refractivity contribution in [2.45, 2.75) is 0 Å². The second kappa shape index (κ2) is 9.49. The smallest absolute Gasteiger partial charge is 0.203 e. The molecule has 9 heteroatoms. The number of ether oxygens (including phenoxy) is 4. The Morgan fingerprint density at radius 3 is 2.48 bits per heavy atom. The molecule has 1 N–H and O–H groups in total. The number of nitrogens with one attached hydrogen (secondary N) is 1. The number of halogens is 1. The van der Waals surface area contributed by atoms with Crippen molar-refractivity contribution in [3.63, 3.8) is 0 Å². The van der Waals surface area contributed by atoms with E-state index >= 15 is 0 Å².